The monoisotopic (exact) mass is 350 g/mol. The number of rotatable bonds is 4. The molecule has 0 aromatic rings. The van der Waals surface area contributed by atoms with E-state index in [9.17, 15) is 14.4 Å². The zero-order valence-corrected chi connectivity index (χ0v) is 15.7. The maximum atomic E-state index is 12.8. The molecule has 0 aromatic heterocycles. The lowest BCUT2D eigenvalue weighted by Crippen LogP contribution is -2.53. The molecule has 0 unspecified atom stereocenters. The molecule has 0 saturated heterocycles. The molecule has 6 nitrogen and oxygen atoms in total. The standard InChI is InChI=1S/C19H30N2O4/c1-18(2,3)25-17(24)21-15-12-8-11(9-13(12)22)14(15)16(23)20-10-19(4)6-5-7-19/h11-12,14-15H,5-10H2,1-4H3,(H,20,23)(H,21,24)/t11-,12+,14-,15+/m0/s1. The quantitative estimate of drug-likeness (QED) is 0.815. The van der Waals surface area contributed by atoms with Crippen molar-refractivity contribution in [2.45, 2.75) is 71.4 Å². The van der Waals surface area contributed by atoms with Crippen LogP contribution in [0.15, 0.2) is 0 Å². The van der Waals surface area contributed by atoms with E-state index in [1.807, 2.05) is 0 Å². The van der Waals surface area contributed by atoms with Crippen molar-refractivity contribution < 1.29 is 19.1 Å². The zero-order valence-electron chi connectivity index (χ0n) is 15.7. The van der Waals surface area contributed by atoms with E-state index in [2.05, 4.69) is 17.6 Å². The molecule has 140 valence electrons. The van der Waals surface area contributed by atoms with Gasteiger partial charge in [-0.05, 0) is 51.4 Å². The lowest BCUT2D eigenvalue weighted by molar-refractivity contribution is -0.131. The number of carbonyl (C=O) groups excluding carboxylic acids is 3. The summed E-state index contributed by atoms with van der Waals surface area (Å²) in [5, 5.41) is 5.89. The van der Waals surface area contributed by atoms with Gasteiger partial charge in [-0.25, -0.2) is 4.79 Å². The molecule has 3 rings (SSSR count). The van der Waals surface area contributed by atoms with Crippen LogP contribution >= 0.6 is 0 Å². The van der Waals surface area contributed by atoms with Crippen molar-refractivity contribution in [2.24, 2.45) is 23.2 Å². The average Bonchev–Trinajstić information content (AvgIpc) is 2.97. The fraction of sp³-hybridized carbons (Fsp3) is 0.842. The number of Topliss-reactive ketones (excluding diaryl/α,β-unsaturated/α-hetero) is 1. The van der Waals surface area contributed by atoms with Crippen molar-refractivity contribution in [3.05, 3.63) is 0 Å². The molecular formula is C19H30N2O4. The van der Waals surface area contributed by atoms with E-state index >= 15 is 0 Å². The van der Waals surface area contributed by atoms with E-state index in [1.165, 1.54) is 6.42 Å². The summed E-state index contributed by atoms with van der Waals surface area (Å²) >= 11 is 0. The highest BCUT2D eigenvalue weighted by Gasteiger charge is 2.56. The number of nitrogens with one attached hydrogen (secondary N) is 2. The largest absolute Gasteiger partial charge is 0.444 e. The van der Waals surface area contributed by atoms with E-state index in [0.29, 0.717) is 19.4 Å². The molecule has 3 fully saturated rings. The van der Waals surface area contributed by atoms with Gasteiger partial charge in [0.05, 0.1) is 12.0 Å². The molecule has 2 N–H and O–H groups in total. The van der Waals surface area contributed by atoms with Gasteiger partial charge in [0.25, 0.3) is 0 Å². The van der Waals surface area contributed by atoms with Crippen LogP contribution in [0.3, 0.4) is 0 Å². The molecule has 0 aromatic carbocycles. The van der Waals surface area contributed by atoms with Crippen molar-refractivity contribution >= 4 is 17.8 Å². The van der Waals surface area contributed by atoms with Crippen LogP contribution in [0.4, 0.5) is 4.79 Å². The third-order valence-electron chi connectivity index (χ3n) is 6.00. The van der Waals surface area contributed by atoms with E-state index in [-0.39, 0.29) is 34.9 Å². The second kappa shape index (κ2) is 6.29. The average molecular weight is 350 g/mol. The number of carbonyl (C=O) groups is 3. The molecule has 6 heteroatoms. The number of amides is 2. The Morgan fingerprint density at radius 1 is 1.28 bits per heavy atom. The first kappa shape index (κ1) is 18.2. The smallest absolute Gasteiger partial charge is 0.407 e. The summed E-state index contributed by atoms with van der Waals surface area (Å²) in [5.74, 6) is -0.437. The predicted molar refractivity (Wildman–Crippen MR) is 92.8 cm³/mol. The van der Waals surface area contributed by atoms with Crippen molar-refractivity contribution in [1.29, 1.82) is 0 Å². The van der Waals surface area contributed by atoms with Gasteiger partial charge in [-0.3, -0.25) is 9.59 Å². The first-order chi connectivity index (χ1) is 11.6. The van der Waals surface area contributed by atoms with Crippen LogP contribution in [0.2, 0.25) is 0 Å². The first-order valence-corrected chi connectivity index (χ1v) is 9.38. The van der Waals surface area contributed by atoms with E-state index in [1.54, 1.807) is 20.8 Å². The fourth-order valence-electron chi connectivity index (χ4n) is 4.50. The summed E-state index contributed by atoms with van der Waals surface area (Å²) in [6.07, 6.45) is 4.09. The minimum Gasteiger partial charge on any atom is -0.444 e. The van der Waals surface area contributed by atoms with Crippen molar-refractivity contribution in [2.75, 3.05) is 6.54 Å². The molecule has 25 heavy (non-hydrogen) atoms. The predicted octanol–water partition coefficient (Wildman–Crippen LogP) is 2.41. The number of ketones is 1. The third kappa shape index (κ3) is 3.82. The number of fused-ring (bicyclic) bond motifs is 2. The third-order valence-corrected chi connectivity index (χ3v) is 6.00. The van der Waals surface area contributed by atoms with Crippen LogP contribution in [0, 0.1) is 23.2 Å². The summed E-state index contributed by atoms with van der Waals surface area (Å²) in [7, 11) is 0. The highest BCUT2D eigenvalue weighted by atomic mass is 16.6. The van der Waals surface area contributed by atoms with Gasteiger partial charge < -0.3 is 15.4 Å². The molecule has 0 radical (unpaired) electrons. The number of ether oxygens (including phenoxy) is 1. The van der Waals surface area contributed by atoms with Crippen LogP contribution in [-0.4, -0.2) is 36.0 Å². The zero-order chi connectivity index (χ0) is 18.4. The van der Waals surface area contributed by atoms with Crippen LogP contribution in [0.25, 0.3) is 0 Å². The molecule has 2 bridgehead atoms. The second-order valence-corrected chi connectivity index (χ2v) is 9.35. The molecule has 2 amide bonds. The van der Waals surface area contributed by atoms with Crippen LogP contribution in [-0.2, 0) is 14.3 Å². The molecule has 3 aliphatic rings. The highest BCUT2D eigenvalue weighted by Crippen LogP contribution is 2.47. The molecule has 4 atom stereocenters. The minimum atomic E-state index is -0.609. The Labute approximate surface area is 149 Å². The fourth-order valence-corrected chi connectivity index (χ4v) is 4.50. The number of alkyl carbamates (subject to hydrolysis) is 1. The Balaban J connectivity index is 1.64. The van der Waals surface area contributed by atoms with Gasteiger partial charge in [0.15, 0.2) is 0 Å². The van der Waals surface area contributed by atoms with Crippen molar-refractivity contribution in [3.63, 3.8) is 0 Å². The van der Waals surface area contributed by atoms with Crippen molar-refractivity contribution in [1.82, 2.24) is 10.6 Å². The molecular weight excluding hydrogens is 320 g/mol. The summed E-state index contributed by atoms with van der Waals surface area (Å²) in [5.41, 5.74) is -0.403. The lowest BCUT2D eigenvalue weighted by Gasteiger charge is -2.39. The maximum absolute atomic E-state index is 12.8. The summed E-state index contributed by atoms with van der Waals surface area (Å²) in [6.45, 7) is 8.25. The Morgan fingerprint density at radius 3 is 2.52 bits per heavy atom. The van der Waals surface area contributed by atoms with Crippen molar-refractivity contribution in [3.8, 4) is 0 Å². The Hall–Kier alpha value is -1.59. The number of hydrogen-bond donors (Lipinski definition) is 2. The molecule has 0 aliphatic heterocycles. The Bertz CT molecular complexity index is 576. The van der Waals surface area contributed by atoms with E-state index < -0.39 is 17.7 Å². The van der Waals surface area contributed by atoms with Crippen LogP contribution in [0.5, 0.6) is 0 Å². The Morgan fingerprint density at radius 2 is 1.96 bits per heavy atom. The SMILES string of the molecule is CC1(CNC(=O)[C@H]2[C@@H]3CC(=O)[C@@H](C3)[C@H]2NC(=O)OC(C)(C)C)CCC1. The van der Waals surface area contributed by atoms with Gasteiger partial charge in [0.2, 0.25) is 5.91 Å². The van der Waals surface area contributed by atoms with E-state index in [4.69, 9.17) is 4.74 Å². The van der Waals surface area contributed by atoms with Gasteiger partial charge in [-0.15, -0.1) is 0 Å². The van der Waals surface area contributed by atoms with Crippen LogP contribution < -0.4 is 10.6 Å². The Kier molecular flexibility index (Phi) is 4.58. The van der Waals surface area contributed by atoms with Gasteiger partial charge in [0, 0.05) is 18.9 Å². The summed E-state index contributed by atoms with van der Waals surface area (Å²) < 4.78 is 5.32. The molecule has 0 heterocycles. The second-order valence-electron chi connectivity index (χ2n) is 9.35. The lowest BCUT2D eigenvalue weighted by atomic mass is 9.70. The highest BCUT2D eigenvalue weighted by molar-refractivity contribution is 5.91. The normalized spacial score (nSPS) is 32.9. The van der Waals surface area contributed by atoms with Gasteiger partial charge in [-0.1, -0.05) is 13.3 Å². The van der Waals surface area contributed by atoms with E-state index in [0.717, 1.165) is 12.8 Å². The first-order valence-electron chi connectivity index (χ1n) is 9.38. The van der Waals surface area contributed by atoms with Gasteiger partial charge in [-0.2, -0.15) is 0 Å². The topological polar surface area (TPSA) is 84.5 Å². The molecule has 3 aliphatic carbocycles. The van der Waals surface area contributed by atoms with Gasteiger partial charge in [0.1, 0.15) is 11.4 Å². The number of hydrogen-bond acceptors (Lipinski definition) is 4. The summed E-state index contributed by atoms with van der Waals surface area (Å²) in [6, 6.07) is -0.449. The van der Waals surface area contributed by atoms with Crippen LogP contribution in [0.1, 0.15) is 59.8 Å². The molecule has 0 spiro atoms. The minimum absolute atomic E-state index is 0.0332. The molecule has 3 saturated carbocycles. The summed E-state index contributed by atoms with van der Waals surface area (Å²) in [4.78, 5) is 37.1. The van der Waals surface area contributed by atoms with Gasteiger partial charge >= 0.3 is 6.09 Å². The maximum Gasteiger partial charge on any atom is 0.407 e.